The molecule has 1 aromatic heterocycles. The van der Waals surface area contributed by atoms with Crippen molar-refractivity contribution in [2.24, 2.45) is 5.11 Å². The van der Waals surface area contributed by atoms with Gasteiger partial charge in [0, 0.05) is 24.5 Å². The summed E-state index contributed by atoms with van der Waals surface area (Å²) in [4.78, 5) is 38.8. The Morgan fingerprint density at radius 1 is 1.77 bits per heavy atom. The molecule has 1 aromatic rings. The zero-order valence-electron chi connectivity index (χ0n) is 12.1. The Labute approximate surface area is 125 Å². The Hall–Kier alpha value is -2.03. The van der Waals surface area contributed by atoms with Gasteiger partial charge in [-0.3, -0.25) is 14.3 Å². The van der Waals surface area contributed by atoms with Crippen molar-refractivity contribution in [3.8, 4) is 0 Å². The van der Waals surface area contributed by atoms with Gasteiger partial charge in [0.05, 0.1) is 12.6 Å². The zero-order valence-corrected chi connectivity index (χ0v) is 12.0. The second-order valence-electron chi connectivity index (χ2n) is 4.44. The average molecular weight is 330 g/mol. The lowest BCUT2D eigenvalue weighted by Crippen LogP contribution is -2.34. The summed E-state index contributed by atoms with van der Waals surface area (Å²) in [6.07, 6.45) is -1.43. The van der Waals surface area contributed by atoms with Gasteiger partial charge in [0.25, 0.3) is 5.56 Å². The van der Waals surface area contributed by atoms with Crippen LogP contribution in [0.25, 0.3) is 10.4 Å². The minimum absolute atomic E-state index is 0.0137. The zero-order chi connectivity index (χ0) is 17.0. The lowest BCUT2D eigenvalue weighted by Gasteiger charge is -2.14. The number of hydrogen-bond donors (Lipinski definition) is 1. The van der Waals surface area contributed by atoms with Crippen LogP contribution in [0, 0.1) is 0 Å². The first-order valence-corrected chi connectivity index (χ1v) is 7.17. The van der Waals surface area contributed by atoms with Crippen LogP contribution in [-0.2, 0) is 20.4 Å². The fourth-order valence-electron chi connectivity index (χ4n) is 2.06. The minimum Gasteiger partial charge on any atom is -0.566 e. The molecule has 1 fully saturated rings. The molecule has 4 atom stereocenters. The van der Waals surface area contributed by atoms with E-state index in [-0.39, 0.29) is 25.4 Å². The van der Waals surface area contributed by atoms with Crippen LogP contribution in [0.4, 0.5) is 0 Å². The third-order valence-electron chi connectivity index (χ3n) is 3.06. The number of H-pyrrole nitrogens is 1. The number of rotatable bonds is 5. The molecule has 0 spiro atoms. The molecule has 2 heterocycles. The summed E-state index contributed by atoms with van der Waals surface area (Å²) in [7, 11) is -3.12. The molecule has 0 bridgehead atoms. The van der Waals surface area contributed by atoms with Crippen molar-refractivity contribution in [2.75, 3.05) is 0 Å². The maximum Gasteiger partial charge on any atom is 0.488 e. The summed E-state index contributed by atoms with van der Waals surface area (Å²) in [5, 5.41) is 3.26. The molecule has 0 saturated carbocycles. The normalized spacial score (nSPS) is 25.4. The number of aromatic amines is 1. The van der Waals surface area contributed by atoms with Gasteiger partial charge in [-0.2, -0.15) is 0 Å². The molecule has 1 saturated heterocycles. The summed E-state index contributed by atoms with van der Waals surface area (Å²) >= 11 is 0. The summed E-state index contributed by atoms with van der Waals surface area (Å²) in [6, 6.07) is 0. The predicted molar refractivity (Wildman–Crippen MR) is 70.9 cm³/mol. The van der Waals surface area contributed by atoms with Crippen molar-refractivity contribution >= 4 is 8.25 Å². The number of aromatic nitrogens is 2. The van der Waals surface area contributed by atoms with Gasteiger partial charge < -0.3 is 9.63 Å². The van der Waals surface area contributed by atoms with E-state index in [2.05, 4.69) is 19.5 Å². The Morgan fingerprint density at radius 2 is 2.55 bits per heavy atom. The van der Waals surface area contributed by atoms with E-state index in [1.807, 2.05) is 0 Å². The largest absolute Gasteiger partial charge is 0.566 e. The topological polar surface area (TPSA) is 162 Å². The van der Waals surface area contributed by atoms with Gasteiger partial charge in [-0.1, -0.05) is 5.11 Å². The molecule has 1 unspecified atom stereocenters. The lowest BCUT2D eigenvalue weighted by molar-refractivity contribution is -0.190. The number of azide groups is 1. The van der Waals surface area contributed by atoms with Crippen molar-refractivity contribution in [3.05, 3.63) is 43.0 Å². The molecule has 2 rings (SSSR count). The summed E-state index contributed by atoms with van der Waals surface area (Å²) in [5.41, 5.74) is 6.89. The third kappa shape index (κ3) is 3.59. The van der Waals surface area contributed by atoms with E-state index in [1.54, 1.807) is 0 Å². The highest BCUT2D eigenvalue weighted by Gasteiger charge is 2.38. The van der Waals surface area contributed by atoms with Gasteiger partial charge in [0.2, 0.25) is 0 Å². The first-order chi connectivity index (χ1) is 11.0. The van der Waals surface area contributed by atoms with Crippen molar-refractivity contribution in [3.63, 3.8) is 0 Å². The monoisotopic (exact) mass is 330 g/mol. The molecular formula is C10H12N5O6P. The van der Waals surface area contributed by atoms with Crippen molar-refractivity contribution in [1.29, 1.82) is 0 Å². The second kappa shape index (κ2) is 6.82. The quantitative estimate of drug-likeness (QED) is 0.347. The fraction of sp³-hybridized carbons (Fsp3) is 0.600. The molecule has 0 amide bonds. The van der Waals surface area contributed by atoms with Crippen LogP contribution in [0.5, 0.6) is 0 Å². The maximum absolute atomic E-state index is 11.9. The van der Waals surface area contributed by atoms with E-state index in [9.17, 15) is 19.0 Å². The van der Waals surface area contributed by atoms with Crippen LogP contribution in [0.1, 0.15) is 26.5 Å². The minimum atomic E-state index is -3.12. The Balaban J connectivity index is 2.31. The predicted octanol–water partition coefficient (Wildman–Crippen LogP) is 0.0572. The van der Waals surface area contributed by atoms with E-state index in [0.717, 1.165) is 4.57 Å². The number of nitrogens with one attached hydrogen (secondary N) is 1. The van der Waals surface area contributed by atoms with Gasteiger partial charge in [-0.15, -0.1) is 4.52 Å². The van der Waals surface area contributed by atoms with Crippen LogP contribution < -0.4 is 16.1 Å². The highest BCUT2D eigenvalue weighted by molar-refractivity contribution is 7.30. The van der Waals surface area contributed by atoms with E-state index in [0.29, 0.717) is 0 Å². The molecule has 0 radical (unpaired) electrons. The molecule has 0 aliphatic carbocycles. The smallest absolute Gasteiger partial charge is 0.488 e. The van der Waals surface area contributed by atoms with Crippen LogP contribution in [-0.4, -0.2) is 21.8 Å². The van der Waals surface area contributed by atoms with Crippen molar-refractivity contribution in [1.82, 2.24) is 9.55 Å². The molecule has 12 heteroatoms. The highest BCUT2D eigenvalue weighted by atomic mass is 31.1. The first kappa shape index (κ1) is 14.9. The van der Waals surface area contributed by atoms with Crippen molar-refractivity contribution < 1.29 is 20.1 Å². The molecular weight excluding hydrogens is 317 g/mol. The van der Waals surface area contributed by atoms with Crippen molar-refractivity contribution in [2.45, 2.75) is 38.3 Å². The van der Waals surface area contributed by atoms with E-state index >= 15 is 0 Å². The highest BCUT2D eigenvalue weighted by Crippen LogP contribution is 2.33. The molecule has 118 valence electrons. The van der Waals surface area contributed by atoms with E-state index < -0.39 is 37.9 Å². The molecule has 1 aliphatic rings. The summed E-state index contributed by atoms with van der Waals surface area (Å²) < 4.78 is 29.2. The standard InChI is InChI=1S/C10H12N5O6P/c1-5-7(21-22(18)19)2-8(20-5)15-4-6(3-12-14-11)9(16)13-10(15)17/h4-5,7-8H,2-3H2,1H3,(H,13,16,17)/t5-,7-,8-/m1/s1/i1D. The molecule has 11 nitrogen and oxygen atoms in total. The Bertz CT molecular complexity index is 759. The van der Waals surface area contributed by atoms with Crippen LogP contribution in [0.3, 0.4) is 0 Å². The van der Waals surface area contributed by atoms with Crippen LogP contribution >= 0.6 is 8.25 Å². The van der Waals surface area contributed by atoms with Gasteiger partial charge in [-0.25, -0.2) is 4.79 Å². The SMILES string of the molecule is [2H]C[C@H]1O[C@@H](n2cc(CN=[N+]=[N-])c(=O)[nH]c2=O)C[C@H]1O[P+](=O)[O-]. The molecule has 1 aliphatic heterocycles. The summed E-state index contributed by atoms with van der Waals surface area (Å²) in [6.45, 7) is -0.513. The number of hydrogen-bond acceptors (Lipinski definition) is 7. The Morgan fingerprint density at radius 3 is 3.18 bits per heavy atom. The summed E-state index contributed by atoms with van der Waals surface area (Å²) in [5.74, 6) is 0. The maximum atomic E-state index is 11.9. The molecule has 22 heavy (non-hydrogen) atoms. The Kier molecular flexibility index (Phi) is 4.62. The van der Waals surface area contributed by atoms with Gasteiger partial charge >= 0.3 is 13.9 Å². The average Bonchev–Trinajstić information content (AvgIpc) is 2.88. The van der Waals surface area contributed by atoms with E-state index in [1.165, 1.54) is 6.20 Å². The van der Waals surface area contributed by atoms with Crippen LogP contribution in [0.15, 0.2) is 20.9 Å². The van der Waals surface area contributed by atoms with Gasteiger partial charge in [-0.05, 0) is 17.0 Å². The van der Waals surface area contributed by atoms with Crippen LogP contribution in [0.2, 0.25) is 0 Å². The third-order valence-corrected chi connectivity index (χ3v) is 3.50. The van der Waals surface area contributed by atoms with Gasteiger partial charge in [0.1, 0.15) is 12.3 Å². The molecule has 1 N–H and O–H groups in total. The number of nitrogens with zero attached hydrogens (tertiary/aromatic N) is 4. The van der Waals surface area contributed by atoms with E-state index in [4.69, 9.17) is 11.6 Å². The second-order valence-corrected chi connectivity index (χ2v) is 5.10. The molecule has 0 aromatic carbocycles. The lowest BCUT2D eigenvalue weighted by atomic mass is 10.2. The van der Waals surface area contributed by atoms with Gasteiger partial charge in [0.15, 0.2) is 0 Å². The number of ether oxygens (including phenoxy) is 1. The first-order valence-electron chi connectivity index (χ1n) is 6.78. The fourth-order valence-corrected chi connectivity index (χ4v) is 2.50.